The summed E-state index contributed by atoms with van der Waals surface area (Å²) >= 11 is 6.23. The van der Waals surface area contributed by atoms with Crippen molar-refractivity contribution >= 4 is 29.6 Å². The Balaban J connectivity index is 2.43. The zero-order chi connectivity index (χ0) is 18.2. The molecular weight excluding hydrogens is 340 g/mol. The lowest BCUT2D eigenvalue weighted by atomic mass is 10.0. The quantitative estimate of drug-likeness (QED) is 0.566. The second-order valence-corrected chi connectivity index (χ2v) is 5.86. The van der Waals surface area contributed by atoms with Crippen LogP contribution in [0.25, 0.3) is 6.08 Å². The maximum Gasteiger partial charge on any atom is 0.305 e. The van der Waals surface area contributed by atoms with Gasteiger partial charge in [-0.25, -0.2) is 0 Å². The van der Waals surface area contributed by atoms with Crippen LogP contribution in [-0.4, -0.2) is 18.2 Å². The van der Waals surface area contributed by atoms with E-state index < -0.39 is 18.2 Å². The molecule has 130 valence electrons. The number of hydrogen-bond donors (Lipinski definition) is 0. The molecule has 0 atom stereocenters. The van der Waals surface area contributed by atoms with E-state index in [2.05, 4.69) is 0 Å². The normalized spacial score (nSPS) is 11.3. The van der Waals surface area contributed by atoms with Gasteiger partial charge in [0.2, 0.25) is 0 Å². The summed E-state index contributed by atoms with van der Waals surface area (Å²) in [5.41, 5.74) is 2.36. The molecule has 0 fully saturated rings. The fraction of sp³-hybridized carbons (Fsp3) is 0.200. The minimum atomic E-state index is -1.11. The van der Waals surface area contributed by atoms with Crippen molar-refractivity contribution in [3.63, 3.8) is 0 Å². The largest absolute Gasteiger partial charge is 0.421 e. The highest BCUT2D eigenvalue weighted by Gasteiger charge is 2.21. The van der Waals surface area contributed by atoms with Crippen LogP contribution >= 0.6 is 11.6 Å². The van der Waals surface area contributed by atoms with Gasteiger partial charge < -0.3 is 9.47 Å². The van der Waals surface area contributed by atoms with E-state index in [1.54, 1.807) is 12.1 Å². The Kier molecular flexibility index (Phi) is 6.78. The SMILES string of the molecule is CC(=O)OC(OC(C)=O)/C(=C/c1ccccc1Cl)Cc1ccccc1. The van der Waals surface area contributed by atoms with Gasteiger partial charge >= 0.3 is 11.9 Å². The topological polar surface area (TPSA) is 52.6 Å². The van der Waals surface area contributed by atoms with Crippen molar-refractivity contribution in [1.29, 1.82) is 0 Å². The minimum absolute atomic E-state index is 0.442. The molecule has 0 radical (unpaired) electrons. The fourth-order valence-corrected chi connectivity index (χ4v) is 2.49. The molecular formula is C20H19ClO4. The molecule has 2 aromatic carbocycles. The van der Waals surface area contributed by atoms with E-state index >= 15 is 0 Å². The summed E-state index contributed by atoms with van der Waals surface area (Å²) in [5.74, 6) is -1.08. The lowest BCUT2D eigenvalue weighted by molar-refractivity contribution is -0.178. The van der Waals surface area contributed by atoms with Crippen LogP contribution in [0.5, 0.6) is 0 Å². The summed E-state index contributed by atoms with van der Waals surface area (Å²) in [4.78, 5) is 22.9. The van der Waals surface area contributed by atoms with Crippen LogP contribution < -0.4 is 0 Å². The molecule has 4 nitrogen and oxygen atoms in total. The Morgan fingerprint density at radius 3 is 2.08 bits per heavy atom. The maximum atomic E-state index is 11.4. The molecule has 0 N–H and O–H groups in total. The third-order valence-corrected chi connectivity index (χ3v) is 3.69. The molecule has 2 aromatic rings. The molecule has 0 aromatic heterocycles. The number of rotatable bonds is 6. The molecule has 0 bridgehead atoms. The van der Waals surface area contributed by atoms with Gasteiger partial charge in [0.05, 0.1) is 0 Å². The highest BCUT2D eigenvalue weighted by molar-refractivity contribution is 6.32. The molecule has 5 heteroatoms. The van der Waals surface area contributed by atoms with Crippen molar-refractivity contribution in [3.8, 4) is 0 Å². The van der Waals surface area contributed by atoms with Crippen LogP contribution in [0.2, 0.25) is 5.02 Å². The van der Waals surface area contributed by atoms with Crippen molar-refractivity contribution in [2.24, 2.45) is 0 Å². The third kappa shape index (κ3) is 6.08. The Morgan fingerprint density at radius 1 is 0.960 bits per heavy atom. The van der Waals surface area contributed by atoms with Gasteiger partial charge in [-0.2, -0.15) is 0 Å². The monoisotopic (exact) mass is 358 g/mol. The number of ether oxygens (including phenoxy) is 2. The van der Waals surface area contributed by atoms with Crippen LogP contribution in [-0.2, 0) is 25.5 Å². The fourth-order valence-electron chi connectivity index (χ4n) is 2.30. The Hall–Kier alpha value is -2.59. The average molecular weight is 359 g/mol. The Morgan fingerprint density at radius 2 is 1.52 bits per heavy atom. The van der Waals surface area contributed by atoms with Crippen molar-refractivity contribution in [2.75, 3.05) is 0 Å². The van der Waals surface area contributed by atoms with E-state index in [9.17, 15) is 9.59 Å². The Labute approximate surface area is 152 Å². The molecule has 0 heterocycles. The van der Waals surface area contributed by atoms with Gasteiger partial charge in [-0.15, -0.1) is 0 Å². The maximum absolute atomic E-state index is 11.4. The standard InChI is InChI=1S/C20H19ClO4/c1-14(22)24-20(25-15(2)23)18(12-16-8-4-3-5-9-16)13-17-10-6-7-11-19(17)21/h3-11,13,20H,12H2,1-2H3/b18-13+. The van der Waals surface area contributed by atoms with Gasteiger partial charge in [0.25, 0.3) is 6.29 Å². The first-order chi connectivity index (χ1) is 12.0. The molecule has 0 unspecified atom stereocenters. The summed E-state index contributed by atoms with van der Waals surface area (Å²) in [7, 11) is 0. The predicted molar refractivity (Wildman–Crippen MR) is 96.9 cm³/mol. The number of carbonyl (C=O) groups excluding carboxylic acids is 2. The Bertz CT molecular complexity index is 752. The molecule has 0 saturated carbocycles. The molecule has 25 heavy (non-hydrogen) atoms. The summed E-state index contributed by atoms with van der Waals surface area (Å²) in [6.07, 6.45) is 1.12. The number of halogens is 1. The molecule has 0 aliphatic heterocycles. The highest BCUT2D eigenvalue weighted by Crippen LogP contribution is 2.23. The van der Waals surface area contributed by atoms with Gasteiger partial charge in [-0.05, 0) is 23.3 Å². The van der Waals surface area contributed by atoms with Crippen LogP contribution in [0, 0.1) is 0 Å². The van der Waals surface area contributed by atoms with E-state index in [4.69, 9.17) is 21.1 Å². The summed E-state index contributed by atoms with van der Waals surface area (Å²) in [6.45, 7) is 2.54. The first-order valence-corrected chi connectivity index (χ1v) is 8.17. The first-order valence-electron chi connectivity index (χ1n) is 7.79. The van der Waals surface area contributed by atoms with Gasteiger partial charge in [-0.3, -0.25) is 9.59 Å². The zero-order valence-electron chi connectivity index (χ0n) is 14.1. The van der Waals surface area contributed by atoms with Crippen LogP contribution in [0.4, 0.5) is 0 Å². The van der Waals surface area contributed by atoms with Crippen LogP contribution in [0.1, 0.15) is 25.0 Å². The third-order valence-electron chi connectivity index (χ3n) is 3.35. The second-order valence-electron chi connectivity index (χ2n) is 5.45. The lowest BCUT2D eigenvalue weighted by Crippen LogP contribution is -2.25. The summed E-state index contributed by atoms with van der Waals surface area (Å²) < 4.78 is 10.4. The van der Waals surface area contributed by atoms with Gasteiger partial charge in [0.1, 0.15) is 0 Å². The van der Waals surface area contributed by atoms with Gasteiger partial charge in [0, 0.05) is 30.9 Å². The summed E-state index contributed by atoms with van der Waals surface area (Å²) in [6, 6.07) is 16.9. The first kappa shape index (κ1) is 18.7. The van der Waals surface area contributed by atoms with Gasteiger partial charge in [-0.1, -0.05) is 60.1 Å². The van der Waals surface area contributed by atoms with E-state index in [-0.39, 0.29) is 0 Å². The van der Waals surface area contributed by atoms with Crippen molar-refractivity contribution < 1.29 is 19.1 Å². The number of hydrogen-bond acceptors (Lipinski definition) is 4. The van der Waals surface area contributed by atoms with Crippen molar-refractivity contribution in [2.45, 2.75) is 26.6 Å². The van der Waals surface area contributed by atoms with E-state index in [0.29, 0.717) is 17.0 Å². The van der Waals surface area contributed by atoms with E-state index in [1.165, 1.54) is 13.8 Å². The highest BCUT2D eigenvalue weighted by atomic mass is 35.5. The smallest absolute Gasteiger partial charge is 0.305 e. The number of esters is 2. The number of carbonyl (C=O) groups is 2. The molecule has 2 rings (SSSR count). The van der Waals surface area contributed by atoms with Crippen molar-refractivity contribution in [1.82, 2.24) is 0 Å². The molecule has 0 spiro atoms. The average Bonchev–Trinajstić information content (AvgIpc) is 2.56. The molecule has 0 aliphatic rings. The lowest BCUT2D eigenvalue weighted by Gasteiger charge is -2.20. The van der Waals surface area contributed by atoms with E-state index in [1.807, 2.05) is 48.5 Å². The van der Waals surface area contributed by atoms with Crippen LogP contribution in [0.3, 0.4) is 0 Å². The van der Waals surface area contributed by atoms with Gasteiger partial charge in [0.15, 0.2) is 0 Å². The van der Waals surface area contributed by atoms with E-state index in [0.717, 1.165) is 11.1 Å². The number of benzene rings is 2. The second kappa shape index (κ2) is 9.04. The minimum Gasteiger partial charge on any atom is -0.421 e. The van der Waals surface area contributed by atoms with Crippen molar-refractivity contribution in [3.05, 3.63) is 76.3 Å². The van der Waals surface area contributed by atoms with Crippen LogP contribution in [0.15, 0.2) is 60.2 Å². The molecule has 0 saturated heterocycles. The molecule has 0 aliphatic carbocycles. The summed E-state index contributed by atoms with van der Waals surface area (Å²) in [5, 5.41) is 0.553. The predicted octanol–water partition coefficient (Wildman–Crippen LogP) is 4.42. The zero-order valence-corrected chi connectivity index (χ0v) is 14.8. The molecule has 0 amide bonds.